The summed E-state index contributed by atoms with van der Waals surface area (Å²) in [5, 5.41) is 0.714. The van der Waals surface area contributed by atoms with E-state index >= 15 is 0 Å². The van der Waals surface area contributed by atoms with E-state index < -0.39 is 4.87 Å². The number of alkyl halides is 2. The molecular formula is C7H12Cl2N2O. The summed E-state index contributed by atoms with van der Waals surface area (Å²) in [4.78, 5) is 10.5. The molecule has 5 heteroatoms. The van der Waals surface area contributed by atoms with E-state index in [0.717, 1.165) is 17.9 Å². The van der Waals surface area contributed by atoms with Crippen LogP contribution in [0.4, 0.5) is 0 Å². The van der Waals surface area contributed by atoms with Crippen LogP contribution in [0.1, 0.15) is 19.3 Å². The highest BCUT2D eigenvalue weighted by molar-refractivity contribution is 6.41. The number of nitrogens with zero attached hydrogens (tertiary/aromatic N) is 1. The molecule has 0 aromatic carbocycles. The molecular weight excluding hydrogens is 199 g/mol. The summed E-state index contributed by atoms with van der Waals surface area (Å²) in [5.74, 6) is 5.01. The second-order valence-corrected chi connectivity index (χ2v) is 4.34. The summed E-state index contributed by atoms with van der Waals surface area (Å²) in [6.45, 7) is 0. The molecule has 0 aliphatic heterocycles. The van der Waals surface area contributed by atoms with Gasteiger partial charge in [-0.3, -0.25) is 9.80 Å². The molecule has 70 valence electrons. The predicted molar refractivity (Wildman–Crippen MR) is 49.0 cm³/mol. The van der Waals surface area contributed by atoms with Gasteiger partial charge in [-0.15, -0.1) is 23.2 Å². The Morgan fingerprint density at radius 2 is 2.33 bits per heavy atom. The van der Waals surface area contributed by atoms with E-state index in [1.807, 2.05) is 0 Å². The molecule has 0 heterocycles. The fourth-order valence-electron chi connectivity index (χ4n) is 1.46. The molecule has 1 aliphatic rings. The Labute approximate surface area is 81.8 Å². The number of hydrazine groups is 1. The minimum Gasteiger partial charge on any atom is -0.282 e. The number of halogens is 2. The van der Waals surface area contributed by atoms with E-state index in [0.29, 0.717) is 6.42 Å². The molecule has 1 aliphatic carbocycles. The lowest BCUT2D eigenvalue weighted by Crippen LogP contribution is -2.49. The van der Waals surface area contributed by atoms with Gasteiger partial charge in [0.1, 0.15) is 4.87 Å². The summed E-state index contributed by atoms with van der Waals surface area (Å²) in [5.41, 5.74) is 0. The van der Waals surface area contributed by atoms with Gasteiger partial charge in [-0.05, 0) is 19.3 Å². The zero-order chi connectivity index (χ0) is 9.35. The van der Waals surface area contributed by atoms with Crippen LogP contribution in [-0.4, -0.2) is 28.2 Å². The van der Waals surface area contributed by atoms with Gasteiger partial charge >= 0.3 is 0 Å². The fourth-order valence-corrected chi connectivity index (χ4v) is 2.19. The minimum atomic E-state index is -0.967. The van der Waals surface area contributed by atoms with Crippen molar-refractivity contribution in [3.05, 3.63) is 0 Å². The van der Waals surface area contributed by atoms with Crippen molar-refractivity contribution in [1.29, 1.82) is 0 Å². The van der Waals surface area contributed by atoms with E-state index in [2.05, 4.69) is 0 Å². The van der Waals surface area contributed by atoms with Crippen molar-refractivity contribution in [2.75, 3.05) is 7.05 Å². The third-order valence-electron chi connectivity index (χ3n) is 2.17. The van der Waals surface area contributed by atoms with Crippen LogP contribution in [0.25, 0.3) is 0 Å². The highest BCUT2D eigenvalue weighted by atomic mass is 35.5. The largest absolute Gasteiger partial charge is 0.282 e. The Morgan fingerprint density at radius 1 is 1.75 bits per heavy atom. The standard InChI is InChI=1S/C7H12Cl2N2O/c1-11(10)6(12)7(9)4-2-3-5(7)8/h5H,2-4,10H2,1H3/t5-,7-/m0/s1. The van der Waals surface area contributed by atoms with Crippen LogP contribution in [0.3, 0.4) is 0 Å². The number of rotatable bonds is 1. The Hall–Kier alpha value is 0.01000. The molecule has 2 atom stereocenters. The zero-order valence-corrected chi connectivity index (χ0v) is 8.40. The number of hydrogen-bond donors (Lipinski definition) is 1. The molecule has 12 heavy (non-hydrogen) atoms. The van der Waals surface area contributed by atoms with Gasteiger partial charge in [0, 0.05) is 7.05 Å². The van der Waals surface area contributed by atoms with Crippen molar-refractivity contribution in [3.63, 3.8) is 0 Å². The van der Waals surface area contributed by atoms with Gasteiger partial charge in [-0.2, -0.15) is 0 Å². The van der Waals surface area contributed by atoms with E-state index in [1.54, 1.807) is 0 Å². The summed E-state index contributed by atoms with van der Waals surface area (Å²) in [6, 6.07) is 0. The van der Waals surface area contributed by atoms with Crippen molar-refractivity contribution in [1.82, 2.24) is 5.01 Å². The maximum atomic E-state index is 11.5. The van der Waals surface area contributed by atoms with Gasteiger partial charge in [-0.25, -0.2) is 5.84 Å². The lowest BCUT2D eigenvalue weighted by Gasteiger charge is -2.26. The summed E-state index contributed by atoms with van der Waals surface area (Å²) in [6.07, 6.45) is 2.28. The summed E-state index contributed by atoms with van der Waals surface area (Å²) in [7, 11) is 1.48. The third-order valence-corrected chi connectivity index (χ3v) is 3.49. The molecule has 1 amide bonds. The maximum absolute atomic E-state index is 11.5. The molecule has 0 unspecified atom stereocenters. The SMILES string of the molecule is CN(N)C(=O)[C@]1(Cl)CCC[C@@H]1Cl. The van der Waals surface area contributed by atoms with Crippen LogP contribution in [0.5, 0.6) is 0 Å². The average molecular weight is 211 g/mol. The van der Waals surface area contributed by atoms with Crippen molar-refractivity contribution >= 4 is 29.1 Å². The molecule has 2 N–H and O–H groups in total. The first kappa shape index (κ1) is 10.1. The minimum absolute atomic E-state index is 0.290. The van der Waals surface area contributed by atoms with Gasteiger partial charge in [0.15, 0.2) is 0 Å². The topological polar surface area (TPSA) is 46.3 Å². The van der Waals surface area contributed by atoms with Gasteiger partial charge < -0.3 is 0 Å². The maximum Gasteiger partial charge on any atom is 0.258 e. The normalized spacial score (nSPS) is 35.2. The highest BCUT2D eigenvalue weighted by Crippen LogP contribution is 2.40. The van der Waals surface area contributed by atoms with Crippen LogP contribution >= 0.6 is 23.2 Å². The Morgan fingerprint density at radius 3 is 2.67 bits per heavy atom. The smallest absolute Gasteiger partial charge is 0.258 e. The quantitative estimate of drug-likeness (QED) is 0.305. The fraction of sp³-hybridized carbons (Fsp3) is 0.857. The van der Waals surface area contributed by atoms with E-state index in [4.69, 9.17) is 29.0 Å². The predicted octanol–water partition coefficient (Wildman–Crippen LogP) is 1.09. The molecule has 0 radical (unpaired) electrons. The van der Waals surface area contributed by atoms with E-state index in [1.165, 1.54) is 7.05 Å². The van der Waals surface area contributed by atoms with Crippen LogP contribution in [0.15, 0.2) is 0 Å². The lowest BCUT2D eigenvalue weighted by molar-refractivity contribution is -0.132. The number of carbonyl (C=O) groups excluding carboxylic acids is 1. The molecule has 0 aromatic heterocycles. The average Bonchev–Trinajstić information content (AvgIpc) is 2.32. The van der Waals surface area contributed by atoms with Crippen LogP contribution in [0, 0.1) is 0 Å². The number of carbonyl (C=O) groups is 1. The van der Waals surface area contributed by atoms with Crippen molar-refractivity contribution < 1.29 is 4.79 Å². The van der Waals surface area contributed by atoms with Crippen molar-refractivity contribution in [2.24, 2.45) is 5.84 Å². The van der Waals surface area contributed by atoms with Gasteiger partial charge in [0.25, 0.3) is 5.91 Å². The van der Waals surface area contributed by atoms with E-state index in [-0.39, 0.29) is 11.3 Å². The third kappa shape index (κ3) is 1.53. The number of amides is 1. The Bertz CT molecular complexity index is 198. The Balaban J connectivity index is 2.77. The molecule has 0 bridgehead atoms. The zero-order valence-electron chi connectivity index (χ0n) is 6.89. The molecule has 1 rings (SSSR count). The first-order valence-corrected chi connectivity index (χ1v) is 4.66. The first-order valence-electron chi connectivity index (χ1n) is 3.84. The molecule has 0 spiro atoms. The lowest BCUT2D eigenvalue weighted by atomic mass is 10.1. The summed E-state index contributed by atoms with van der Waals surface area (Å²) >= 11 is 12.0. The molecule has 0 aromatic rings. The Kier molecular flexibility index (Phi) is 2.86. The highest BCUT2D eigenvalue weighted by Gasteiger charge is 2.47. The van der Waals surface area contributed by atoms with Crippen molar-refractivity contribution in [2.45, 2.75) is 29.5 Å². The summed E-state index contributed by atoms with van der Waals surface area (Å²) < 4.78 is 0. The second-order valence-electron chi connectivity index (χ2n) is 3.14. The monoisotopic (exact) mass is 210 g/mol. The number of nitrogens with two attached hydrogens (primary N) is 1. The molecule has 1 fully saturated rings. The first-order chi connectivity index (χ1) is 5.48. The van der Waals surface area contributed by atoms with Crippen molar-refractivity contribution in [3.8, 4) is 0 Å². The van der Waals surface area contributed by atoms with Gasteiger partial charge in [0.05, 0.1) is 5.38 Å². The van der Waals surface area contributed by atoms with Crippen LogP contribution in [-0.2, 0) is 4.79 Å². The van der Waals surface area contributed by atoms with Crippen LogP contribution < -0.4 is 5.84 Å². The molecule has 0 saturated heterocycles. The van der Waals surface area contributed by atoms with E-state index in [9.17, 15) is 4.79 Å². The van der Waals surface area contributed by atoms with Gasteiger partial charge in [-0.1, -0.05) is 0 Å². The molecule has 1 saturated carbocycles. The number of hydrogen-bond acceptors (Lipinski definition) is 2. The molecule has 3 nitrogen and oxygen atoms in total. The second kappa shape index (κ2) is 3.40. The van der Waals surface area contributed by atoms with Crippen LogP contribution in [0.2, 0.25) is 0 Å². The van der Waals surface area contributed by atoms with Gasteiger partial charge in [0.2, 0.25) is 0 Å².